The Hall–Kier alpha value is -3.42. The number of hydrogen-bond donors (Lipinski definition) is 0. The van der Waals surface area contributed by atoms with Gasteiger partial charge in [0.25, 0.3) is 0 Å². The van der Waals surface area contributed by atoms with E-state index in [2.05, 4.69) is 140 Å². The molecule has 6 nitrogen and oxygen atoms in total. The molecule has 0 spiro atoms. The molecular formula is C34H27F6IO6S3. The number of aryl methyl sites for hydroxylation is 1. The summed E-state index contributed by atoms with van der Waals surface area (Å²) < 4.78 is 121. The second-order valence-corrected chi connectivity index (χ2v) is 17.7. The van der Waals surface area contributed by atoms with E-state index in [1.165, 1.54) is 38.5 Å². The summed E-state index contributed by atoms with van der Waals surface area (Å²) in [7, 11) is -12.3. The van der Waals surface area contributed by atoms with Crippen LogP contribution in [0.1, 0.15) is 16.7 Å². The predicted molar refractivity (Wildman–Crippen MR) is 171 cm³/mol. The lowest BCUT2D eigenvalue weighted by atomic mass is 10.1. The topological polar surface area (TPSA) is 114 Å². The highest BCUT2D eigenvalue weighted by Crippen LogP contribution is 2.31. The molecule has 0 fully saturated rings. The van der Waals surface area contributed by atoms with E-state index in [4.69, 9.17) is 25.9 Å². The van der Waals surface area contributed by atoms with Gasteiger partial charge in [0.15, 0.2) is 42.1 Å². The van der Waals surface area contributed by atoms with E-state index in [9.17, 15) is 26.3 Å². The van der Waals surface area contributed by atoms with Crippen molar-refractivity contribution in [1.29, 1.82) is 0 Å². The fourth-order valence-corrected chi connectivity index (χ4v) is 8.41. The molecule has 5 rings (SSSR count). The van der Waals surface area contributed by atoms with Gasteiger partial charge in [-0.15, -0.1) is 0 Å². The van der Waals surface area contributed by atoms with Crippen molar-refractivity contribution in [2.45, 2.75) is 39.0 Å². The minimum atomic E-state index is -6.09. The first-order chi connectivity index (χ1) is 23.3. The molecular weight excluding hydrogens is 841 g/mol. The van der Waals surface area contributed by atoms with Crippen LogP contribution in [0, 0.1) is 14.1 Å². The van der Waals surface area contributed by atoms with E-state index in [0.717, 1.165) is 6.42 Å². The highest BCUT2D eigenvalue weighted by atomic mass is 127. The summed E-state index contributed by atoms with van der Waals surface area (Å²) in [6.07, 6.45) is 0.966. The molecule has 0 amide bonds. The van der Waals surface area contributed by atoms with E-state index >= 15 is 0 Å². The van der Waals surface area contributed by atoms with Crippen LogP contribution in [0.4, 0.5) is 26.3 Å². The summed E-state index contributed by atoms with van der Waals surface area (Å²) >= 11 is -0.122. The van der Waals surface area contributed by atoms with Gasteiger partial charge in [0.1, 0.15) is 0 Å². The summed E-state index contributed by atoms with van der Waals surface area (Å²) in [5.74, 6) is 0. The van der Waals surface area contributed by atoms with Gasteiger partial charge < -0.3 is 9.11 Å². The standard InChI is InChI=1S/C32H27IS.2CHF3O3S/c1-25-10-8-9-15-32(25)33-28-20-16-26(17-21-28)24-27-18-22-31(23-19-27)34(29-11-4-2-5-12-29)30-13-6-3-7-14-30;2*2-1(3,4)8(5,6)7/h2-23H,24H2,1H3;2*(H,5,6,7)/q+2;;/p-2. The molecule has 0 N–H and O–H groups in total. The third kappa shape index (κ3) is 12.7. The van der Waals surface area contributed by atoms with Gasteiger partial charge in [-0.1, -0.05) is 78.9 Å². The summed E-state index contributed by atoms with van der Waals surface area (Å²) in [5.41, 5.74) is -7.16. The van der Waals surface area contributed by atoms with Crippen molar-refractivity contribution < 1.29 is 73.5 Å². The van der Waals surface area contributed by atoms with Gasteiger partial charge in [0.05, 0.1) is 10.9 Å². The molecule has 0 unspecified atom stereocenters. The normalized spacial score (nSPS) is 12.0. The van der Waals surface area contributed by atoms with Crippen molar-refractivity contribution in [2.75, 3.05) is 0 Å². The van der Waals surface area contributed by atoms with E-state index in [-0.39, 0.29) is 32.1 Å². The Morgan fingerprint density at radius 3 is 1.26 bits per heavy atom. The smallest absolute Gasteiger partial charge is 0.485 e. The van der Waals surface area contributed by atoms with Gasteiger partial charge >= 0.3 is 32.2 Å². The fourth-order valence-electron chi connectivity index (χ4n) is 3.94. The van der Waals surface area contributed by atoms with Crippen molar-refractivity contribution in [3.8, 4) is 0 Å². The highest BCUT2D eigenvalue weighted by Gasteiger charge is 2.37. The molecule has 5 aromatic carbocycles. The SMILES string of the molecule is Cc1ccccc1[I+]c1ccc(Cc2ccc([S+](c3ccccc3)c3ccccc3)cc2)cc1.O=S(=O)([O-])C(F)(F)F.O=S(=O)([O-])C(F)(F)F. The monoisotopic (exact) mass is 868 g/mol. The van der Waals surface area contributed by atoms with Gasteiger partial charge in [0.2, 0.25) is 0 Å². The summed E-state index contributed by atoms with van der Waals surface area (Å²) in [6, 6.07) is 49.0. The second kappa shape index (κ2) is 17.7. The Balaban J connectivity index is 0.000000352. The molecule has 0 aliphatic rings. The Kier molecular flexibility index (Phi) is 14.5. The first-order valence-corrected chi connectivity index (χ1v) is 20.2. The van der Waals surface area contributed by atoms with Crippen LogP contribution >= 0.6 is 0 Å². The molecule has 0 heterocycles. The molecule has 266 valence electrons. The quantitative estimate of drug-likeness (QED) is 0.0756. The zero-order valence-electron chi connectivity index (χ0n) is 25.7. The molecule has 0 bridgehead atoms. The molecule has 0 aliphatic carbocycles. The highest BCUT2D eigenvalue weighted by molar-refractivity contribution is 7.97. The van der Waals surface area contributed by atoms with E-state index < -0.39 is 31.3 Å². The first kappa shape index (κ1) is 41.0. The van der Waals surface area contributed by atoms with Crippen LogP contribution in [0.25, 0.3) is 0 Å². The van der Waals surface area contributed by atoms with Crippen molar-refractivity contribution >= 4 is 31.1 Å². The van der Waals surface area contributed by atoms with Crippen molar-refractivity contribution in [3.63, 3.8) is 0 Å². The number of hydrogen-bond acceptors (Lipinski definition) is 6. The summed E-state index contributed by atoms with van der Waals surface area (Å²) in [6.45, 7) is 2.22. The molecule has 0 saturated heterocycles. The van der Waals surface area contributed by atoms with Gasteiger partial charge in [-0.3, -0.25) is 0 Å². The molecule has 50 heavy (non-hydrogen) atoms. The first-order valence-electron chi connectivity index (χ1n) is 14.0. The molecule has 16 heteroatoms. The maximum Gasteiger partial charge on any atom is 0.485 e. The maximum atomic E-state index is 10.7. The third-order valence-electron chi connectivity index (χ3n) is 6.29. The lowest BCUT2D eigenvalue weighted by Crippen LogP contribution is -3.61. The second-order valence-electron chi connectivity index (χ2n) is 10.0. The number of alkyl halides is 6. The minimum absolute atomic E-state index is 0.0904. The fraction of sp³-hybridized carbons (Fsp3) is 0.118. The van der Waals surface area contributed by atoms with Crippen LogP contribution in [0.3, 0.4) is 0 Å². The van der Waals surface area contributed by atoms with Crippen LogP contribution in [0.5, 0.6) is 0 Å². The number of benzene rings is 5. The van der Waals surface area contributed by atoms with Crippen LogP contribution in [-0.2, 0) is 37.6 Å². The third-order valence-corrected chi connectivity index (χ3v) is 12.8. The molecule has 0 saturated carbocycles. The van der Waals surface area contributed by atoms with Gasteiger partial charge in [-0.05, 0) is 79.1 Å². The molecule has 0 aromatic heterocycles. The Morgan fingerprint density at radius 2 is 0.880 bits per heavy atom. The predicted octanol–water partition coefficient (Wildman–Crippen LogP) is 4.91. The lowest BCUT2D eigenvalue weighted by Gasteiger charge is -2.09. The van der Waals surface area contributed by atoms with Crippen LogP contribution in [0.15, 0.2) is 148 Å². The minimum Gasteiger partial charge on any atom is -0.741 e. The van der Waals surface area contributed by atoms with Crippen molar-refractivity contribution in [1.82, 2.24) is 0 Å². The van der Waals surface area contributed by atoms with Crippen molar-refractivity contribution in [2.24, 2.45) is 0 Å². The number of rotatable bonds is 7. The van der Waals surface area contributed by atoms with Gasteiger partial charge in [-0.25, -0.2) is 16.8 Å². The van der Waals surface area contributed by atoms with Crippen LogP contribution < -0.4 is 21.2 Å². The average molecular weight is 869 g/mol. The largest absolute Gasteiger partial charge is 0.741 e. The zero-order valence-corrected chi connectivity index (χ0v) is 30.3. The molecule has 0 radical (unpaired) electrons. The van der Waals surface area contributed by atoms with E-state index in [1.807, 2.05) is 0 Å². The Bertz CT molecular complexity index is 1950. The van der Waals surface area contributed by atoms with E-state index in [0.29, 0.717) is 0 Å². The zero-order chi connectivity index (χ0) is 37.2. The number of halogens is 7. The van der Waals surface area contributed by atoms with Crippen LogP contribution in [-0.4, -0.2) is 37.0 Å². The van der Waals surface area contributed by atoms with Crippen molar-refractivity contribution in [3.05, 3.63) is 157 Å². The maximum absolute atomic E-state index is 10.7. The average Bonchev–Trinajstić information content (AvgIpc) is 3.04. The molecule has 0 atom stereocenters. The lowest BCUT2D eigenvalue weighted by molar-refractivity contribution is -0.598. The summed E-state index contributed by atoms with van der Waals surface area (Å²) in [5, 5.41) is 0. The Morgan fingerprint density at radius 1 is 0.540 bits per heavy atom. The molecule has 0 aliphatic heterocycles. The van der Waals surface area contributed by atoms with Gasteiger partial charge in [-0.2, -0.15) is 26.3 Å². The van der Waals surface area contributed by atoms with Crippen LogP contribution in [0.2, 0.25) is 0 Å². The van der Waals surface area contributed by atoms with Gasteiger partial charge in [0, 0.05) is 5.56 Å². The Labute approximate surface area is 299 Å². The van der Waals surface area contributed by atoms with E-state index in [1.54, 1.807) is 0 Å². The summed E-state index contributed by atoms with van der Waals surface area (Å²) in [4.78, 5) is 4.07. The molecule has 5 aromatic rings.